The number of ether oxygens (including phenoxy) is 1. The zero-order chi connectivity index (χ0) is 21.8. The van der Waals surface area contributed by atoms with Crippen molar-refractivity contribution in [2.24, 2.45) is 11.8 Å². The Morgan fingerprint density at radius 1 is 1.29 bits per heavy atom. The predicted octanol–water partition coefficient (Wildman–Crippen LogP) is 3.98. The zero-order valence-electron chi connectivity index (χ0n) is 18.4. The van der Waals surface area contributed by atoms with Gasteiger partial charge in [0.05, 0.1) is 18.7 Å². The molecule has 1 unspecified atom stereocenters. The van der Waals surface area contributed by atoms with Crippen molar-refractivity contribution in [3.63, 3.8) is 0 Å². The highest BCUT2D eigenvalue weighted by Gasteiger charge is 2.28. The minimum absolute atomic E-state index is 0.0270. The summed E-state index contributed by atoms with van der Waals surface area (Å²) in [7, 11) is 0. The largest absolute Gasteiger partial charge is 0.465 e. The topological polar surface area (TPSA) is 102 Å². The lowest BCUT2D eigenvalue weighted by Crippen LogP contribution is -2.21. The fraction of sp³-hybridized carbons (Fsp3) is 0.652. The smallest absolute Gasteiger partial charge is 0.293 e. The van der Waals surface area contributed by atoms with Gasteiger partial charge in [-0.05, 0) is 62.3 Å². The van der Waals surface area contributed by atoms with Crippen molar-refractivity contribution in [1.82, 2.24) is 20.0 Å². The van der Waals surface area contributed by atoms with Gasteiger partial charge in [0.25, 0.3) is 6.47 Å². The van der Waals surface area contributed by atoms with Gasteiger partial charge in [0, 0.05) is 23.9 Å². The molecule has 0 spiro atoms. The summed E-state index contributed by atoms with van der Waals surface area (Å²) in [6, 6.07) is 2.32. The summed E-state index contributed by atoms with van der Waals surface area (Å²) in [5.74, 6) is 2.27. The minimum atomic E-state index is -0.102. The van der Waals surface area contributed by atoms with E-state index in [1.54, 1.807) is 6.20 Å². The third-order valence-electron chi connectivity index (χ3n) is 7.02. The Balaban J connectivity index is 1.26. The quantitative estimate of drug-likeness (QED) is 0.620. The maximum atomic E-state index is 12.5. The van der Waals surface area contributed by atoms with Gasteiger partial charge in [0.15, 0.2) is 5.82 Å². The second kappa shape index (κ2) is 9.66. The number of hydrogen-bond donors (Lipinski definition) is 2. The summed E-state index contributed by atoms with van der Waals surface area (Å²) in [6.07, 6.45) is 11.5. The molecule has 31 heavy (non-hydrogen) atoms. The molecule has 2 aliphatic carbocycles. The molecule has 168 valence electrons. The lowest BCUT2D eigenvalue weighted by Gasteiger charge is -2.30. The van der Waals surface area contributed by atoms with Crippen LogP contribution in [0.3, 0.4) is 0 Å². The number of aromatic amines is 1. The number of rotatable bonds is 8. The van der Waals surface area contributed by atoms with Crippen LogP contribution in [0.15, 0.2) is 18.5 Å². The molecule has 0 radical (unpaired) electrons. The second-order valence-electron chi connectivity index (χ2n) is 9.44. The number of carbonyl (C=O) groups is 2. The zero-order valence-corrected chi connectivity index (χ0v) is 18.4. The first-order valence-electron chi connectivity index (χ1n) is 11.5. The van der Waals surface area contributed by atoms with E-state index in [9.17, 15) is 9.59 Å². The van der Waals surface area contributed by atoms with Crippen molar-refractivity contribution < 1.29 is 14.3 Å². The van der Waals surface area contributed by atoms with Crippen molar-refractivity contribution in [2.45, 2.75) is 83.3 Å². The molecule has 4 rings (SSSR count). The van der Waals surface area contributed by atoms with Crippen molar-refractivity contribution in [3.8, 4) is 0 Å². The van der Waals surface area contributed by atoms with Crippen LogP contribution in [0.4, 0.5) is 5.82 Å². The van der Waals surface area contributed by atoms with Crippen LogP contribution in [0, 0.1) is 11.8 Å². The molecule has 1 amide bonds. The van der Waals surface area contributed by atoms with Gasteiger partial charge in [-0.3, -0.25) is 19.4 Å². The van der Waals surface area contributed by atoms with Crippen molar-refractivity contribution >= 4 is 18.2 Å². The van der Waals surface area contributed by atoms with Gasteiger partial charge in [-0.2, -0.15) is 10.2 Å². The standard InChI is InChI=1S/C23H33N5O3/c1-15(2)17-3-6-19(7-4-17)28-13-16(12-24-28)9-23(30)25-22-11-21(26-27-22)18-5-8-20(10-18)31-14-29/h11-15,17-20H,3-10H2,1-2H3,(H2,25,26,27,30)/t17?,18-,19?,20?/m0/s1. The number of amides is 1. The van der Waals surface area contributed by atoms with Crippen LogP contribution in [-0.2, 0) is 20.7 Å². The first-order chi connectivity index (χ1) is 15.0. The SMILES string of the molecule is CC(C)C1CCC(n2cc(CC(=O)Nc3cc([C@H]4CCC(OC=O)C4)[nH]n3)cn2)CC1. The van der Waals surface area contributed by atoms with Gasteiger partial charge in [0.1, 0.15) is 6.10 Å². The Bertz CT molecular complexity index is 881. The summed E-state index contributed by atoms with van der Waals surface area (Å²) < 4.78 is 7.11. The van der Waals surface area contributed by atoms with E-state index in [-0.39, 0.29) is 24.3 Å². The fourth-order valence-corrected chi connectivity index (χ4v) is 5.11. The average Bonchev–Trinajstić information content (AvgIpc) is 3.49. The summed E-state index contributed by atoms with van der Waals surface area (Å²) in [6.45, 7) is 5.14. The molecule has 8 nitrogen and oxygen atoms in total. The van der Waals surface area contributed by atoms with Gasteiger partial charge in [-0.25, -0.2) is 0 Å². The van der Waals surface area contributed by atoms with Crippen LogP contribution in [-0.4, -0.2) is 38.5 Å². The molecule has 0 bridgehead atoms. The molecule has 2 saturated carbocycles. The summed E-state index contributed by atoms with van der Waals surface area (Å²) >= 11 is 0. The third-order valence-corrected chi connectivity index (χ3v) is 7.02. The number of carbonyl (C=O) groups excluding carboxylic acids is 2. The highest BCUT2D eigenvalue weighted by Crippen LogP contribution is 2.36. The predicted molar refractivity (Wildman–Crippen MR) is 117 cm³/mol. The lowest BCUT2D eigenvalue weighted by molar-refractivity contribution is -0.133. The molecule has 2 N–H and O–H groups in total. The van der Waals surface area contributed by atoms with Gasteiger partial charge >= 0.3 is 0 Å². The Morgan fingerprint density at radius 3 is 2.84 bits per heavy atom. The highest BCUT2D eigenvalue weighted by molar-refractivity contribution is 5.91. The van der Waals surface area contributed by atoms with Crippen molar-refractivity contribution in [1.29, 1.82) is 0 Å². The van der Waals surface area contributed by atoms with E-state index in [0.29, 0.717) is 18.3 Å². The minimum Gasteiger partial charge on any atom is -0.465 e. The van der Waals surface area contributed by atoms with E-state index in [0.717, 1.165) is 55.2 Å². The van der Waals surface area contributed by atoms with E-state index < -0.39 is 0 Å². The summed E-state index contributed by atoms with van der Waals surface area (Å²) in [4.78, 5) is 23.0. The molecule has 2 aromatic heterocycles. The van der Waals surface area contributed by atoms with E-state index in [1.807, 2.05) is 16.9 Å². The number of hydrogen-bond acceptors (Lipinski definition) is 5. The Labute approximate surface area is 183 Å². The van der Waals surface area contributed by atoms with E-state index >= 15 is 0 Å². The van der Waals surface area contributed by atoms with Crippen LogP contribution >= 0.6 is 0 Å². The molecule has 8 heteroatoms. The maximum Gasteiger partial charge on any atom is 0.293 e. The summed E-state index contributed by atoms with van der Waals surface area (Å²) in [5, 5.41) is 14.6. The monoisotopic (exact) mass is 427 g/mol. The Kier molecular flexibility index (Phi) is 6.73. The average molecular weight is 428 g/mol. The van der Waals surface area contributed by atoms with Crippen molar-refractivity contribution in [3.05, 3.63) is 29.7 Å². The molecule has 0 aliphatic heterocycles. The lowest BCUT2D eigenvalue weighted by atomic mass is 9.80. The number of nitrogens with one attached hydrogen (secondary N) is 2. The third kappa shape index (κ3) is 5.35. The Hall–Kier alpha value is -2.64. The molecule has 2 aliphatic rings. The molecular weight excluding hydrogens is 394 g/mol. The van der Waals surface area contributed by atoms with Gasteiger partial charge in [-0.1, -0.05) is 13.8 Å². The molecule has 0 saturated heterocycles. The van der Waals surface area contributed by atoms with Crippen LogP contribution in [0.2, 0.25) is 0 Å². The number of nitrogens with zero attached hydrogens (tertiary/aromatic N) is 3. The molecule has 2 aromatic rings. The molecular formula is C23H33N5O3. The van der Waals surface area contributed by atoms with E-state index in [2.05, 4.69) is 34.5 Å². The first-order valence-corrected chi connectivity index (χ1v) is 11.5. The molecule has 2 heterocycles. The highest BCUT2D eigenvalue weighted by atomic mass is 16.5. The molecule has 2 fully saturated rings. The maximum absolute atomic E-state index is 12.5. The second-order valence-corrected chi connectivity index (χ2v) is 9.44. The normalized spacial score (nSPS) is 26.2. The van der Waals surface area contributed by atoms with Gasteiger partial charge in [0.2, 0.25) is 5.91 Å². The van der Waals surface area contributed by atoms with Crippen LogP contribution in [0.25, 0.3) is 0 Å². The van der Waals surface area contributed by atoms with E-state index in [4.69, 9.17) is 4.74 Å². The fourth-order valence-electron chi connectivity index (χ4n) is 5.11. The van der Waals surface area contributed by atoms with Crippen LogP contribution in [0.1, 0.15) is 82.0 Å². The molecule has 0 aromatic carbocycles. The number of anilines is 1. The van der Waals surface area contributed by atoms with Crippen LogP contribution in [0.5, 0.6) is 0 Å². The van der Waals surface area contributed by atoms with Crippen LogP contribution < -0.4 is 5.32 Å². The van der Waals surface area contributed by atoms with Crippen molar-refractivity contribution in [2.75, 3.05) is 5.32 Å². The first kappa shape index (κ1) is 21.6. The van der Waals surface area contributed by atoms with Gasteiger partial charge < -0.3 is 10.1 Å². The molecule has 2 atom stereocenters. The number of H-pyrrole nitrogens is 1. The number of aromatic nitrogens is 4. The van der Waals surface area contributed by atoms with Gasteiger partial charge in [-0.15, -0.1) is 0 Å². The van der Waals surface area contributed by atoms with E-state index in [1.165, 1.54) is 12.8 Å². The summed E-state index contributed by atoms with van der Waals surface area (Å²) in [5.41, 5.74) is 1.89. The Morgan fingerprint density at radius 2 is 2.10 bits per heavy atom.